The fourth-order valence-electron chi connectivity index (χ4n) is 3.58. The third-order valence-corrected chi connectivity index (χ3v) is 6.55. The Hall–Kier alpha value is -1.89. The fourth-order valence-corrected chi connectivity index (χ4v) is 5.10. The van der Waals surface area contributed by atoms with Crippen molar-refractivity contribution in [2.75, 3.05) is 30.5 Å². The first-order valence-corrected chi connectivity index (χ1v) is 12.1. The molecule has 0 unspecified atom stereocenters. The Morgan fingerprint density at radius 3 is 1.83 bits per heavy atom. The normalized spacial score (nSPS) is 13.2. The van der Waals surface area contributed by atoms with Crippen molar-refractivity contribution in [1.82, 2.24) is 4.90 Å². The molecule has 0 heterocycles. The monoisotopic (exact) mass is 432 g/mol. The quantitative estimate of drug-likeness (QED) is 0.579. The lowest BCUT2D eigenvalue weighted by molar-refractivity contribution is 0.104. The molecule has 1 N–H and O–H groups in total. The Labute approximate surface area is 182 Å². The summed E-state index contributed by atoms with van der Waals surface area (Å²) in [7, 11) is -3.79. The number of benzene rings is 2. The number of hydrogen-bond donors (Lipinski definition) is 1. The van der Waals surface area contributed by atoms with Crippen molar-refractivity contribution in [2.24, 2.45) is 11.8 Å². The van der Waals surface area contributed by atoms with Crippen molar-refractivity contribution in [3.05, 3.63) is 60.2 Å². The maximum Gasteiger partial charge on any atom is 0.264 e. The molecule has 0 radical (unpaired) electrons. The molecule has 0 aliphatic rings. The minimum Gasteiger partial charge on any atom is -0.390 e. The third kappa shape index (κ3) is 7.11. The summed E-state index contributed by atoms with van der Waals surface area (Å²) >= 11 is 0. The lowest BCUT2D eigenvalue weighted by atomic mass is 10.1. The highest BCUT2D eigenvalue weighted by molar-refractivity contribution is 7.92. The molecule has 6 heteroatoms. The van der Waals surface area contributed by atoms with Gasteiger partial charge in [0.25, 0.3) is 10.0 Å². The van der Waals surface area contributed by atoms with Crippen LogP contribution >= 0.6 is 0 Å². The van der Waals surface area contributed by atoms with E-state index in [-0.39, 0.29) is 11.4 Å². The van der Waals surface area contributed by atoms with Crippen LogP contribution in [0.5, 0.6) is 0 Å². The van der Waals surface area contributed by atoms with Crippen LogP contribution in [-0.2, 0) is 10.0 Å². The molecule has 0 fully saturated rings. The molecule has 0 aromatic heterocycles. The predicted molar refractivity (Wildman–Crippen MR) is 124 cm³/mol. The predicted octanol–water partition coefficient (Wildman–Crippen LogP) is 4.17. The van der Waals surface area contributed by atoms with Gasteiger partial charge in [0, 0.05) is 19.6 Å². The summed E-state index contributed by atoms with van der Waals surface area (Å²) in [4.78, 5) is 2.45. The van der Waals surface area contributed by atoms with E-state index in [0.717, 1.165) is 18.7 Å². The summed E-state index contributed by atoms with van der Waals surface area (Å²) in [5.41, 5.74) is 1.61. The topological polar surface area (TPSA) is 60.9 Å². The lowest BCUT2D eigenvalue weighted by Gasteiger charge is -2.31. The van der Waals surface area contributed by atoms with Gasteiger partial charge < -0.3 is 10.0 Å². The molecule has 0 saturated heterocycles. The summed E-state index contributed by atoms with van der Waals surface area (Å²) in [5, 5.41) is 10.9. The molecular formula is C24H36N2O3S. The minimum absolute atomic E-state index is 0.00692. The van der Waals surface area contributed by atoms with Gasteiger partial charge in [0.2, 0.25) is 0 Å². The minimum atomic E-state index is -3.79. The van der Waals surface area contributed by atoms with Crippen molar-refractivity contribution in [1.29, 1.82) is 0 Å². The fraction of sp³-hybridized carbons (Fsp3) is 0.500. The van der Waals surface area contributed by atoms with Gasteiger partial charge >= 0.3 is 0 Å². The first-order valence-electron chi connectivity index (χ1n) is 10.6. The van der Waals surface area contributed by atoms with Crippen LogP contribution in [0, 0.1) is 18.8 Å². The van der Waals surface area contributed by atoms with Crippen LogP contribution in [0.15, 0.2) is 59.5 Å². The first kappa shape index (κ1) is 24.4. The number of aliphatic hydroxyl groups excluding tert-OH is 1. The van der Waals surface area contributed by atoms with Crippen molar-refractivity contribution < 1.29 is 13.5 Å². The maximum atomic E-state index is 13.4. The molecule has 0 spiro atoms. The summed E-state index contributed by atoms with van der Waals surface area (Å²) in [6.07, 6.45) is -0.803. The number of sulfonamides is 1. The molecule has 166 valence electrons. The number of hydrogen-bond acceptors (Lipinski definition) is 4. The van der Waals surface area contributed by atoms with Gasteiger partial charge in [0.1, 0.15) is 0 Å². The van der Waals surface area contributed by atoms with Gasteiger partial charge in [-0.15, -0.1) is 0 Å². The van der Waals surface area contributed by atoms with E-state index in [2.05, 4.69) is 32.6 Å². The SMILES string of the molecule is Cc1ccc(N(C[C@@H](O)CN(CC(C)C)CC(C)C)S(=O)(=O)c2ccccc2)cc1. The van der Waals surface area contributed by atoms with Crippen LogP contribution in [0.3, 0.4) is 0 Å². The van der Waals surface area contributed by atoms with E-state index < -0.39 is 16.1 Å². The van der Waals surface area contributed by atoms with Crippen molar-refractivity contribution in [3.63, 3.8) is 0 Å². The smallest absolute Gasteiger partial charge is 0.264 e. The highest BCUT2D eigenvalue weighted by Crippen LogP contribution is 2.24. The molecular weight excluding hydrogens is 396 g/mol. The van der Waals surface area contributed by atoms with E-state index in [4.69, 9.17) is 0 Å². The molecule has 0 bridgehead atoms. The molecule has 0 amide bonds. The number of anilines is 1. The van der Waals surface area contributed by atoms with Gasteiger partial charge in [-0.25, -0.2) is 8.42 Å². The summed E-state index contributed by atoms with van der Waals surface area (Å²) in [5.74, 6) is 0.939. The largest absolute Gasteiger partial charge is 0.390 e. The zero-order valence-corrected chi connectivity index (χ0v) is 19.6. The third-order valence-electron chi connectivity index (χ3n) is 4.75. The molecule has 0 saturated carbocycles. The van der Waals surface area contributed by atoms with Crippen LogP contribution in [0.2, 0.25) is 0 Å². The molecule has 0 aliphatic carbocycles. The summed E-state index contributed by atoms with van der Waals surface area (Å²) < 4.78 is 28.1. The Morgan fingerprint density at radius 2 is 1.33 bits per heavy atom. The molecule has 0 aliphatic heterocycles. The number of aryl methyl sites for hydroxylation is 1. The Balaban J connectivity index is 2.29. The zero-order valence-electron chi connectivity index (χ0n) is 18.8. The van der Waals surface area contributed by atoms with Crippen LogP contribution in [-0.4, -0.2) is 50.7 Å². The second kappa shape index (κ2) is 10.9. The van der Waals surface area contributed by atoms with E-state index >= 15 is 0 Å². The molecule has 30 heavy (non-hydrogen) atoms. The van der Waals surface area contributed by atoms with Crippen LogP contribution in [0.25, 0.3) is 0 Å². The van der Waals surface area contributed by atoms with E-state index in [1.807, 2.05) is 19.1 Å². The number of rotatable bonds is 11. The van der Waals surface area contributed by atoms with Crippen LogP contribution in [0.1, 0.15) is 33.3 Å². The highest BCUT2D eigenvalue weighted by Gasteiger charge is 2.28. The Bertz CT molecular complexity index is 855. The molecule has 2 aromatic rings. The molecule has 1 atom stereocenters. The van der Waals surface area contributed by atoms with Gasteiger partial charge in [-0.3, -0.25) is 4.31 Å². The average molecular weight is 433 g/mol. The zero-order chi connectivity index (χ0) is 22.3. The highest BCUT2D eigenvalue weighted by atomic mass is 32.2. The summed E-state index contributed by atoms with van der Waals surface area (Å²) in [6, 6.07) is 15.8. The summed E-state index contributed by atoms with van der Waals surface area (Å²) in [6.45, 7) is 12.7. The van der Waals surface area contributed by atoms with Crippen LogP contribution < -0.4 is 4.31 Å². The number of nitrogens with zero attached hydrogens (tertiary/aromatic N) is 2. The van der Waals surface area contributed by atoms with E-state index in [0.29, 0.717) is 24.1 Å². The molecule has 2 aromatic carbocycles. The van der Waals surface area contributed by atoms with Crippen LogP contribution in [0.4, 0.5) is 5.69 Å². The van der Waals surface area contributed by atoms with Crippen molar-refractivity contribution in [2.45, 2.75) is 45.6 Å². The van der Waals surface area contributed by atoms with Gasteiger partial charge in [0.15, 0.2) is 0 Å². The van der Waals surface area contributed by atoms with Gasteiger partial charge in [-0.05, 0) is 43.0 Å². The molecule has 2 rings (SSSR count). The van der Waals surface area contributed by atoms with Gasteiger partial charge in [-0.1, -0.05) is 63.6 Å². The van der Waals surface area contributed by atoms with E-state index in [1.165, 1.54) is 4.31 Å². The first-order chi connectivity index (χ1) is 14.1. The van der Waals surface area contributed by atoms with Crippen molar-refractivity contribution >= 4 is 15.7 Å². The average Bonchev–Trinajstić information content (AvgIpc) is 2.66. The lowest BCUT2D eigenvalue weighted by Crippen LogP contribution is -2.44. The van der Waals surface area contributed by atoms with Gasteiger partial charge in [0.05, 0.1) is 23.2 Å². The van der Waals surface area contributed by atoms with E-state index in [1.54, 1.807) is 42.5 Å². The second-order valence-corrected chi connectivity index (χ2v) is 10.7. The number of aliphatic hydroxyl groups is 1. The van der Waals surface area contributed by atoms with E-state index in [9.17, 15) is 13.5 Å². The second-order valence-electron chi connectivity index (χ2n) is 8.84. The Kier molecular flexibility index (Phi) is 8.89. The van der Waals surface area contributed by atoms with Crippen molar-refractivity contribution in [3.8, 4) is 0 Å². The standard InChI is InChI=1S/C24H36N2O3S/c1-19(2)15-25(16-20(3)4)17-23(27)18-26(22-13-11-21(5)12-14-22)30(28,29)24-9-7-6-8-10-24/h6-14,19-20,23,27H,15-18H2,1-5H3/t23-/m0/s1. The molecule has 5 nitrogen and oxygen atoms in total. The Morgan fingerprint density at radius 1 is 0.800 bits per heavy atom. The van der Waals surface area contributed by atoms with Gasteiger partial charge in [-0.2, -0.15) is 0 Å². The maximum absolute atomic E-state index is 13.4.